The number of hydrogen-bond acceptors (Lipinski definition) is 1. The van der Waals surface area contributed by atoms with E-state index >= 15 is 0 Å². The van der Waals surface area contributed by atoms with E-state index in [2.05, 4.69) is 29.6 Å². The van der Waals surface area contributed by atoms with E-state index in [1.807, 2.05) is 30.3 Å². The third-order valence-electron chi connectivity index (χ3n) is 3.33. The van der Waals surface area contributed by atoms with Crippen LogP contribution in [0.2, 0.25) is 0 Å². The first-order valence-corrected chi connectivity index (χ1v) is 7.52. The Bertz CT molecular complexity index is 522. The summed E-state index contributed by atoms with van der Waals surface area (Å²) in [5, 5.41) is 2.16. The van der Waals surface area contributed by atoms with Crippen molar-refractivity contribution >= 4 is 0 Å². The van der Waals surface area contributed by atoms with Crippen LogP contribution in [0.25, 0.3) is 0 Å². The van der Waals surface area contributed by atoms with Crippen LogP contribution < -0.4 is 22.5 Å². The molecule has 0 bridgehead atoms. The fraction of sp³-hybridized carbons (Fsp3) is 0.333. The van der Waals surface area contributed by atoms with Crippen LogP contribution in [-0.4, -0.2) is 19.8 Å². The van der Waals surface area contributed by atoms with E-state index in [1.54, 1.807) is 0 Å². The van der Waals surface area contributed by atoms with Gasteiger partial charge >= 0.3 is 0 Å². The molecule has 0 fully saturated rings. The second-order valence-electron chi connectivity index (χ2n) is 5.08. The number of ether oxygens (including phenoxy) is 1. The minimum Gasteiger partial charge on any atom is -1.00 e. The minimum absolute atomic E-state index is 0. The molecule has 0 atom stereocenters. The van der Waals surface area contributed by atoms with Gasteiger partial charge in [-0.15, -0.1) is 0 Å². The lowest BCUT2D eigenvalue weighted by atomic mass is 10.1. The van der Waals surface area contributed by atoms with Gasteiger partial charge in [0.05, 0.1) is 19.8 Å². The molecule has 0 aliphatic rings. The third-order valence-corrected chi connectivity index (χ3v) is 3.33. The molecule has 0 aliphatic carbocycles. The van der Waals surface area contributed by atoms with E-state index in [0.717, 1.165) is 25.3 Å². The Balaban J connectivity index is 0.00000242. The standard InChI is InChI=1S/C18H22FNO.ClH/c19-11-5-12-20-13-10-16-8-4-9-18(14-16)21-15-17-6-2-1-3-7-17;/h1-4,6-9,14,20H,5,10-13,15H2;1H. The SMILES string of the molecule is FCCC[NH2+]CCc1cccc(OCc2ccccc2)c1.[Cl-]. The van der Waals surface area contributed by atoms with Gasteiger partial charge in [0.25, 0.3) is 0 Å². The van der Waals surface area contributed by atoms with Crippen molar-refractivity contribution in [1.29, 1.82) is 0 Å². The van der Waals surface area contributed by atoms with Crippen LogP contribution in [0.5, 0.6) is 5.75 Å². The number of benzene rings is 2. The van der Waals surface area contributed by atoms with Crippen LogP contribution in [-0.2, 0) is 13.0 Å². The molecule has 120 valence electrons. The fourth-order valence-electron chi connectivity index (χ4n) is 2.17. The minimum atomic E-state index is -0.223. The molecule has 2 aromatic carbocycles. The molecule has 22 heavy (non-hydrogen) atoms. The molecule has 0 unspecified atom stereocenters. The Morgan fingerprint density at radius 3 is 2.45 bits per heavy atom. The molecule has 2 nitrogen and oxygen atoms in total. The summed E-state index contributed by atoms with van der Waals surface area (Å²) in [5.74, 6) is 0.903. The van der Waals surface area contributed by atoms with E-state index in [0.29, 0.717) is 13.0 Å². The van der Waals surface area contributed by atoms with Crippen LogP contribution in [0.4, 0.5) is 4.39 Å². The molecule has 4 heteroatoms. The van der Waals surface area contributed by atoms with Crippen molar-refractivity contribution in [2.75, 3.05) is 19.8 Å². The molecule has 0 saturated carbocycles. The maximum Gasteiger partial charge on any atom is 0.120 e. The van der Waals surface area contributed by atoms with E-state index < -0.39 is 0 Å². The highest BCUT2D eigenvalue weighted by atomic mass is 35.5. The molecule has 0 aromatic heterocycles. The molecule has 0 radical (unpaired) electrons. The van der Waals surface area contributed by atoms with Crippen LogP contribution >= 0.6 is 0 Å². The van der Waals surface area contributed by atoms with Gasteiger partial charge in [-0.2, -0.15) is 0 Å². The van der Waals surface area contributed by atoms with Crippen LogP contribution in [0.15, 0.2) is 54.6 Å². The molecule has 0 heterocycles. The van der Waals surface area contributed by atoms with Gasteiger partial charge in [-0.3, -0.25) is 4.39 Å². The zero-order valence-electron chi connectivity index (χ0n) is 12.7. The average Bonchev–Trinajstić information content (AvgIpc) is 2.54. The molecule has 2 rings (SSSR count). The zero-order chi connectivity index (χ0) is 14.8. The first kappa shape index (κ1) is 18.5. The smallest absolute Gasteiger partial charge is 0.120 e. The topological polar surface area (TPSA) is 25.8 Å². The van der Waals surface area contributed by atoms with E-state index in [9.17, 15) is 4.39 Å². The third kappa shape index (κ3) is 6.92. The Morgan fingerprint density at radius 2 is 1.68 bits per heavy atom. The second-order valence-corrected chi connectivity index (χ2v) is 5.08. The number of hydrogen-bond donors (Lipinski definition) is 1. The van der Waals surface area contributed by atoms with E-state index in [1.165, 1.54) is 11.1 Å². The number of halogens is 2. The Labute approximate surface area is 138 Å². The van der Waals surface area contributed by atoms with Crippen molar-refractivity contribution in [3.8, 4) is 5.75 Å². The van der Waals surface area contributed by atoms with Crippen LogP contribution in [0.1, 0.15) is 17.5 Å². The summed E-state index contributed by atoms with van der Waals surface area (Å²) >= 11 is 0. The lowest BCUT2D eigenvalue weighted by Crippen LogP contribution is -3.00. The van der Waals surface area contributed by atoms with Crippen LogP contribution in [0.3, 0.4) is 0 Å². The van der Waals surface area contributed by atoms with Crippen molar-refractivity contribution in [1.82, 2.24) is 0 Å². The highest BCUT2D eigenvalue weighted by molar-refractivity contribution is 5.29. The van der Waals surface area contributed by atoms with Crippen LogP contribution in [0, 0.1) is 0 Å². The van der Waals surface area contributed by atoms with Gasteiger partial charge < -0.3 is 22.5 Å². The Morgan fingerprint density at radius 1 is 0.909 bits per heavy atom. The first-order valence-electron chi connectivity index (χ1n) is 7.52. The van der Waals surface area contributed by atoms with Crippen molar-refractivity contribution in [3.05, 3.63) is 65.7 Å². The van der Waals surface area contributed by atoms with E-state index in [4.69, 9.17) is 4.74 Å². The van der Waals surface area contributed by atoms with Crippen molar-refractivity contribution in [2.45, 2.75) is 19.4 Å². The molecule has 0 aliphatic heterocycles. The molecular weight excluding hydrogens is 301 g/mol. The molecule has 0 amide bonds. The number of nitrogens with two attached hydrogens (primary N) is 1. The highest BCUT2D eigenvalue weighted by Gasteiger charge is 2.00. The maximum atomic E-state index is 12.0. The number of quaternary nitrogens is 1. The normalized spacial score (nSPS) is 10.0. The molecule has 2 aromatic rings. The lowest BCUT2D eigenvalue weighted by molar-refractivity contribution is -0.654. The molecule has 0 saturated heterocycles. The molecule has 0 spiro atoms. The highest BCUT2D eigenvalue weighted by Crippen LogP contribution is 2.15. The van der Waals surface area contributed by atoms with Gasteiger partial charge in [-0.05, 0) is 23.3 Å². The lowest BCUT2D eigenvalue weighted by Gasteiger charge is -2.08. The predicted molar refractivity (Wildman–Crippen MR) is 83.2 cm³/mol. The maximum absolute atomic E-state index is 12.0. The largest absolute Gasteiger partial charge is 1.00 e. The molecular formula is C18H23ClFNO. The quantitative estimate of drug-likeness (QED) is 0.632. The van der Waals surface area contributed by atoms with Gasteiger partial charge in [-0.25, -0.2) is 0 Å². The summed E-state index contributed by atoms with van der Waals surface area (Å²) in [7, 11) is 0. The summed E-state index contributed by atoms with van der Waals surface area (Å²) in [4.78, 5) is 0. The Kier molecular flexibility index (Phi) is 9.28. The van der Waals surface area contributed by atoms with Crippen molar-refractivity contribution in [2.24, 2.45) is 0 Å². The first-order chi connectivity index (χ1) is 10.4. The van der Waals surface area contributed by atoms with E-state index in [-0.39, 0.29) is 19.1 Å². The Hall–Kier alpha value is -1.58. The van der Waals surface area contributed by atoms with Gasteiger partial charge in [0.1, 0.15) is 12.4 Å². The zero-order valence-corrected chi connectivity index (χ0v) is 13.4. The van der Waals surface area contributed by atoms with Crippen molar-refractivity contribution < 1.29 is 26.9 Å². The second kappa shape index (κ2) is 11.0. The summed E-state index contributed by atoms with van der Waals surface area (Å²) in [6.45, 7) is 2.22. The van der Waals surface area contributed by atoms with Crippen molar-refractivity contribution in [3.63, 3.8) is 0 Å². The summed E-state index contributed by atoms with van der Waals surface area (Å²) in [6, 6.07) is 18.4. The van der Waals surface area contributed by atoms with Gasteiger partial charge in [-0.1, -0.05) is 42.5 Å². The summed E-state index contributed by atoms with van der Waals surface area (Å²) < 4.78 is 17.8. The molecule has 2 N–H and O–H groups in total. The number of rotatable bonds is 9. The van der Waals surface area contributed by atoms with Gasteiger partial charge in [0.15, 0.2) is 0 Å². The monoisotopic (exact) mass is 323 g/mol. The van der Waals surface area contributed by atoms with Gasteiger partial charge in [0, 0.05) is 12.8 Å². The summed E-state index contributed by atoms with van der Waals surface area (Å²) in [5.41, 5.74) is 2.43. The average molecular weight is 324 g/mol. The fourth-order valence-corrected chi connectivity index (χ4v) is 2.17. The summed E-state index contributed by atoms with van der Waals surface area (Å²) in [6.07, 6.45) is 1.62. The predicted octanol–water partition coefficient (Wildman–Crippen LogP) is -0.265. The number of alkyl halides is 1. The van der Waals surface area contributed by atoms with Gasteiger partial charge in [0.2, 0.25) is 0 Å².